The Bertz CT molecular complexity index is 489. The molecule has 0 radical (unpaired) electrons. The third kappa shape index (κ3) is 5.68. The summed E-state index contributed by atoms with van der Waals surface area (Å²) in [6, 6.07) is 5.45. The predicted octanol–water partition coefficient (Wildman–Crippen LogP) is 3.13. The van der Waals surface area contributed by atoms with E-state index in [9.17, 15) is 4.39 Å². The van der Waals surface area contributed by atoms with Crippen LogP contribution in [-0.2, 0) is 6.54 Å². The van der Waals surface area contributed by atoms with Gasteiger partial charge in [-0.15, -0.1) is 12.4 Å². The highest BCUT2D eigenvalue weighted by Crippen LogP contribution is 2.18. The van der Waals surface area contributed by atoms with Crippen LogP contribution in [0.3, 0.4) is 0 Å². The number of rotatable bonds is 4. The first kappa shape index (κ1) is 19.1. The van der Waals surface area contributed by atoms with Crippen LogP contribution in [0.15, 0.2) is 22.7 Å². The minimum Gasteiger partial charge on any atom is -0.316 e. The van der Waals surface area contributed by atoms with Crippen LogP contribution in [0.1, 0.15) is 18.4 Å². The van der Waals surface area contributed by atoms with Gasteiger partial charge in [0.1, 0.15) is 5.82 Å². The summed E-state index contributed by atoms with van der Waals surface area (Å²) in [6.45, 7) is 8.88. The van der Waals surface area contributed by atoms with E-state index in [0.717, 1.165) is 44.2 Å². The lowest BCUT2D eigenvalue weighted by atomic mass is 9.99. The third-order valence-electron chi connectivity index (χ3n) is 4.77. The van der Waals surface area contributed by atoms with Crippen molar-refractivity contribution in [1.29, 1.82) is 0 Å². The van der Waals surface area contributed by atoms with Crippen LogP contribution in [0.4, 0.5) is 4.39 Å². The minimum absolute atomic E-state index is 0. The monoisotopic (exact) mass is 405 g/mol. The lowest BCUT2D eigenvalue weighted by Gasteiger charge is -2.37. The van der Waals surface area contributed by atoms with E-state index in [0.29, 0.717) is 4.47 Å². The summed E-state index contributed by atoms with van der Waals surface area (Å²) in [6.07, 6.45) is 2.69. The van der Waals surface area contributed by atoms with Crippen molar-refractivity contribution in [3.63, 3.8) is 0 Å². The van der Waals surface area contributed by atoms with Crippen molar-refractivity contribution in [3.05, 3.63) is 34.1 Å². The van der Waals surface area contributed by atoms with Gasteiger partial charge in [-0.25, -0.2) is 4.39 Å². The molecule has 0 aliphatic carbocycles. The quantitative estimate of drug-likeness (QED) is 0.829. The molecule has 2 aliphatic heterocycles. The first-order valence-electron chi connectivity index (χ1n) is 8.30. The molecule has 2 aliphatic rings. The van der Waals surface area contributed by atoms with Crippen LogP contribution in [0, 0.1) is 11.7 Å². The van der Waals surface area contributed by atoms with Gasteiger partial charge in [-0.2, -0.15) is 0 Å². The maximum atomic E-state index is 13.6. The fourth-order valence-corrected chi connectivity index (χ4v) is 3.72. The summed E-state index contributed by atoms with van der Waals surface area (Å²) in [4.78, 5) is 5.02. The number of benzene rings is 1. The molecule has 6 heteroatoms. The molecule has 3 nitrogen and oxygen atoms in total. The molecule has 23 heavy (non-hydrogen) atoms. The minimum atomic E-state index is -0.166. The highest BCUT2D eigenvalue weighted by molar-refractivity contribution is 9.10. The number of piperidine rings is 1. The second-order valence-electron chi connectivity index (χ2n) is 6.54. The Hall–Kier alpha value is -0.200. The van der Waals surface area contributed by atoms with Gasteiger partial charge in [0, 0.05) is 39.3 Å². The maximum Gasteiger partial charge on any atom is 0.137 e. The molecule has 2 fully saturated rings. The first-order chi connectivity index (χ1) is 10.7. The van der Waals surface area contributed by atoms with Gasteiger partial charge >= 0.3 is 0 Å². The highest BCUT2D eigenvalue weighted by Gasteiger charge is 2.21. The lowest BCUT2D eigenvalue weighted by Crippen LogP contribution is -2.48. The Labute approximate surface area is 153 Å². The number of nitrogens with zero attached hydrogens (tertiary/aromatic N) is 2. The van der Waals surface area contributed by atoms with Crippen LogP contribution < -0.4 is 5.32 Å². The number of piperazine rings is 1. The van der Waals surface area contributed by atoms with Gasteiger partial charge in [0.25, 0.3) is 0 Å². The van der Waals surface area contributed by atoms with E-state index in [-0.39, 0.29) is 18.2 Å². The Morgan fingerprint density at radius 1 is 1.17 bits per heavy atom. The fraction of sp³-hybridized carbons (Fsp3) is 0.647. The molecule has 130 valence electrons. The van der Waals surface area contributed by atoms with Crippen LogP contribution in [-0.4, -0.2) is 55.6 Å². The van der Waals surface area contributed by atoms with Gasteiger partial charge in [-0.1, -0.05) is 6.07 Å². The fourth-order valence-electron chi connectivity index (χ4n) is 3.47. The molecule has 0 bridgehead atoms. The van der Waals surface area contributed by atoms with Crippen LogP contribution in [0.25, 0.3) is 0 Å². The van der Waals surface area contributed by atoms with Crippen LogP contribution in [0.2, 0.25) is 0 Å². The number of hydrogen-bond donors (Lipinski definition) is 1. The standard InChI is InChI=1S/C17H25BrFN3.ClH/c18-16-4-3-14(10-17(16)19)12-21-6-8-22(9-7-21)13-15-2-1-5-20-11-15;/h3-4,10,15,20H,1-2,5-9,11-13H2;1H. The molecule has 3 rings (SSSR count). The average Bonchev–Trinajstić information content (AvgIpc) is 2.54. The van der Waals surface area contributed by atoms with E-state index < -0.39 is 0 Å². The summed E-state index contributed by atoms with van der Waals surface area (Å²) in [5.41, 5.74) is 1.06. The van der Waals surface area contributed by atoms with Crippen molar-refractivity contribution in [3.8, 4) is 0 Å². The summed E-state index contributed by atoms with van der Waals surface area (Å²) < 4.78 is 14.1. The van der Waals surface area contributed by atoms with Crippen molar-refractivity contribution >= 4 is 28.3 Å². The second kappa shape index (κ2) is 9.33. The highest BCUT2D eigenvalue weighted by atomic mass is 79.9. The van der Waals surface area contributed by atoms with E-state index >= 15 is 0 Å². The topological polar surface area (TPSA) is 18.5 Å². The van der Waals surface area contributed by atoms with Gasteiger partial charge in [-0.3, -0.25) is 4.90 Å². The summed E-state index contributed by atoms with van der Waals surface area (Å²) >= 11 is 3.21. The third-order valence-corrected chi connectivity index (χ3v) is 5.41. The molecule has 1 aromatic rings. The van der Waals surface area contributed by atoms with E-state index in [4.69, 9.17) is 0 Å². The second-order valence-corrected chi connectivity index (χ2v) is 7.39. The molecular formula is C17H26BrClFN3. The van der Waals surface area contributed by atoms with Crippen molar-refractivity contribution in [1.82, 2.24) is 15.1 Å². The van der Waals surface area contributed by atoms with Crippen molar-refractivity contribution < 1.29 is 4.39 Å². The molecule has 1 atom stereocenters. The molecule has 0 amide bonds. The molecule has 1 N–H and O–H groups in total. The van der Waals surface area contributed by atoms with Gasteiger partial charge < -0.3 is 10.2 Å². The average molecular weight is 407 g/mol. The van der Waals surface area contributed by atoms with E-state index in [2.05, 4.69) is 31.0 Å². The summed E-state index contributed by atoms with van der Waals surface area (Å²) in [5, 5.41) is 3.50. The Morgan fingerprint density at radius 3 is 2.57 bits per heavy atom. The van der Waals surface area contributed by atoms with Crippen molar-refractivity contribution in [2.45, 2.75) is 19.4 Å². The molecule has 2 saturated heterocycles. The lowest BCUT2D eigenvalue weighted by molar-refractivity contribution is 0.108. The molecule has 0 aromatic heterocycles. The molecule has 0 spiro atoms. The Balaban J connectivity index is 0.00000192. The zero-order chi connectivity index (χ0) is 15.4. The summed E-state index contributed by atoms with van der Waals surface area (Å²) in [5.74, 6) is 0.654. The zero-order valence-corrected chi connectivity index (χ0v) is 15.8. The Kier molecular flexibility index (Phi) is 7.76. The first-order valence-corrected chi connectivity index (χ1v) is 9.09. The van der Waals surface area contributed by atoms with Crippen molar-refractivity contribution in [2.24, 2.45) is 5.92 Å². The zero-order valence-electron chi connectivity index (χ0n) is 13.4. The SMILES string of the molecule is Cl.Fc1cc(CN2CCN(CC3CCCNC3)CC2)ccc1Br. The number of halogens is 3. The predicted molar refractivity (Wildman–Crippen MR) is 98.7 cm³/mol. The van der Waals surface area contributed by atoms with Crippen LogP contribution in [0.5, 0.6) is 0 Å². The van der Waals surface area contributed by atoms with Gasteiger partial charge in [-0.05, 0) is 65.5 Å². The molecule has 1 aromatic carbocycles. The summed E-state index contributed by atoms with van der Waals surface area (Å²) in [7, 11) is 0. The Morgan fingerprint density at radius 2 is 1.91 bits per heavy atom. The smallest absolute Gasteiger partial charge is 0.137 e. The molecule has 0 saturated carbocycles. The van der Waals surface area contributed by atoms with Gasteiger partial charge in [0.2, 0.25) is 0 Å². The molecular weight excluding hydrogens is 381 g/mol. The van der Waals surface area contributed by atoms with Gasteiger partial charge in [0.15, 0.2) is 0 Å². The van der Waals surface area contributed by atoms with Crippen LogP contribution >= 0.6 is 28.3 Å². The van der Waals surface area contributed by atoms with Crippen molar-refractivity contribution in [2.75, 3.05) is 45.8 Å². The molecule has 2 heterocycles. The maximum absolute atomic E-state index is 13.6. The molecule has 1 unspecified atom stereocenters. The number of nitrogens with one attached hydrogen (secondary N) is 1. The van der Waals surface area contributed by atoms with E-state index in [1.165, 1.54) is 32.5 Å². The van der Waals surface area contributed by atoms with E-state index in [1.54, 1.807) is 12.1 Å². The number of hydrogen-bond acceptors (Lipinski definition) is 3. The van der Waals surface area contributed by atoms with E-state index in [1.807, 2.05) is 6.07 Å². The normalized spacial score (nSPS) is 23.5. The van der Waals surface area contributed by atoms with Gasteiger partial charge in [0.05, 0.1) is 4.47 Å². The largest absolute Gasteiger partial charge is 0.316 e.